The van der Waals surface area contributed by atoms with Crippen LogP contribution in [0.5, 0.6) is 5.75 Å². The van der Waals surface area contributed by atoms with Gasteiger partial charge in [-0.1, -0.05) is 17.3 Å². The predicted octanol–water partition coefficient (Wildman–Crippen LogP) is 1.85. The molecule has 0 bridgehead atoms. The minimum absolute atomic E-state index is 0.116. The lowest BCUT2D eigenvalue weighted by atomic mass is 9.98. The number of nitrogens with zero attached hydrogens (tertiary/aromatic N) is 1. The smallest absolute Gasteiger partial charge is 0.320 e. The average molecular weight is 346 g/mol. The Morgan fingerprint density at radius 2 is 2.04 bits per heavy atom. The first kappa shape index (κ1) is 18.3. The summed E-state index contributed by atoms with van der Waals surface area (Å²) >= 11 is 0. The molecule has 1 aromatic heterocycles. The van der Waals surface area contributed by atoms with Gasteiger partial charge in [-0.2, -0.15) is 0 Å². The second-order valence-electron chi connectivity index (χ2n) is 5.54. The summed E-state index contributed by atoms with van der Waals surface area (Å²) in [6.07, 6.45) is 0.422. The van der Waals surface area contributed by atoms with E-state index in [0.29, 0.717) is 24.6 Å². The number of hydrogen-bond acceptors (Lipinski definition) is 5. The number of nitrogens with two attached hydrogens (primary N) is 1. The Hall–Kier alpha value is -3.03. The summed E-state index contributed by atoms with van der Waals surface area (Å²) in [6, 6.07) is 8.53. The number of anilines is 1. The number of nitrogens with one attached hydrogen (secondary N) is 2. The predicted molar refractivity (Wildman–Crippen MR) is 92.3 cm³/mol. The summed E-state index contributed by atoms with van der Waals surface area (Å²) in [5.74, 6) is 0.648. The monoisotopic (exact) mass is 346 g/mol. The van der Waals surface area contributed by atoms with Gasteiger partial charge < -0.3 is 20.3 Å². The fourth-order valence-electron chi connectivity index (χ4n) is 2.25. The van der Waals surface area contributed by atoms with Crippen LogP contribution in [-0.2, 0) is 11.2 Å². The van der Waals surface area contributed by atoms with Gasteiger partial charge in [-0.15, -0.1) is 0 Å². The van der Waals surface area contributed by atoms with Gasteiger partial charge in [0.1, 0.15) is 11.5 Å². The molecule has 2 aromatic rings. The zero-order chi connectivity index (χ0) is 18.2. The van der Waals surface area contributed by atoms with Crippen LogP contribution in [0.1, 0.15) is 18.2 Å². The standard InChI is InChI=1S/C17H22N4O4/c1-3-24-14-6-4-12(5-7-14)9-13(16(18)22)10-19-17(23)20-15-8-11(2)25-21-15/h4-8,13H,3,9-10H2,1-2H3,(H2,18,22)(H2,19,20,21,23). The topological polar surface area (TPSA) is 119 Å². The van der Waals surface area contributed by atoms with Crippen LogP contribution < -0.4 is 21.1 Å². The summed E-state index contributed by atoms with van der Waals surface area (Å²) in [6.45, 7) is 4.34. The number of aryl methyl sites for hydroxylation is 1. The van der Waals surface area contributed by atoms with Crippen LogP contribution in [0.15, 0.2) is 34.9 Å². The van der Waals surface area contributed by atoms with E-state index in [0.717, 1.165) is 11.3 Å². The molecule has 0 fully saturated rings. The fraction of sp³-hybridized carbons (Fsp3) is 0.353. The molecule has 0 spiro atoms. The van der Waals surface area contributed by atoms with E-state index in [1.54, 1.807) is 13.0 Å². The van der Waals surface area contributed by atoms with Crippen molar-refractivity contribution in [2.24, 2.45) is 11.7 Å². The average Bonchev–Trinajstić information content (AvgIpc) is 2.98. The molecule has 134 valence electrons. The highest BCUT2D eigenvalue weighted by Crippen LogP contribution is 2.15. The van der Waals surface area contributed by atoms with E-state index < -0.39 is 17.9 Å². The third-order valence-corrected chi connectivity index (χ3v) is 3.50. The largest absolute Gasteiger partial charge is 0.494 e. The first-order chi connectivity index (χ1) is 12.0. The van der Waals surface area contributed by atoms with E-state index in [1.165, 1.54) is 0 Å². The number of hydrogen-bond donors (Lipinski definition) is 3. The Labute approximate surface area is 145 Å². The number of carbonyl (C=O) groups excluding carboxylic acids is 2. The number of urea groups is 1. The van der Waals surface area contributed by atoms with Crippen LogP contribution in [-0.4, -0.2) is 30.2 Å². The summed E-state index contributed by atoms with van der Waals surface area (Å²) in [5.41, 5.74) is 6.37. The molecule has 1 atom stereocenters. The van der Waals surface area contributed by atoms with Crippen LogP contribution in [0.3, 0.4) is 0 Å². The van der Waals surface area contributed by atoms with Gasteiger partial charge in [-0.25, -0.2) is 4.79 Å². The van der Waals surface area contributed by atoms with Crippen LogP contribution in [0.25, 0.3) is 0 Å². The number of primary amides is 1. The minimum Gasteiger partial charge on any atom is -0.494 e. The number of carbonyl (C=O) groups is 2. The van der Waals surface area contributed by atoms with Gasteiger partial charge in [0, 0.05) is 12.6 Å². The zero-order valence-electron chi connectivity index (χ0n) is 14.2. The molecule has 0 aliphatic rings. The highest BCUT2D eigenvalue weighted by atomic mass is 16.5. The second-order valence-corrected chi connectivity index (χ2v) is 5.54. The summed E-state index contributed by atoms with van der Waals surface area (Å²) in [5, 5.41) is 8.79. The van der Waals surface area contributed by atoms with E-state index in [4.69, 9.17) is 15.0 Å². The van der Waals surface area contributed by atoms with Crippen molar-refractivity contribution in [2.45, 2.75) is 20.3 Å². The van der Waals surface area contributed by atoms with Gasteiger partial charge >= 0.3 is 6.03 Å². The Kier molecular flexibility index (Phi) is 6.39. The minimum atomic E-state index is -0.525. The molecule has 3 amide bonds. The van der Waals surface area contributed by atoms with Crippen molar-refractivity contribution >= 4 is 17.8 Å². The first-order valence-electron chi connectivity index (χ1n) is 7.97. The number of benzene rings is 1. The molecule has 1 heterocycles. The molecule has 0 saturated carbocycles. The lowest BCUT2D eigenvalue weighted by Gasteiger charge is -2.15. The lowest BCUT2D eigenvalue weighted by molar-refractivity contribution is -0.121. The van der Waals surface area contributed by atoms with E-state index in [9.17, 15) is 9.59 Å². The van der Waals surface area contributed by atoms with E-state index in [1.807, 2.05) is 31.2 Å². The number of rotatable bonds is 8. The third-order valence-electron chi connectivity index (χ3n) is 3.50. The second kappa shape index (κ2) is 8.72. The maximum Gasteiger partial charge on any atom is 0.320 e. The first-order valence-corrected chi connectivity index (χ1v) is 7.97. The summed E-state index contributed by atoms with van der Waals surface area (Å²) in [7, 11) is 0. The van der Waals surface area contributed by atoms with Crippen molar-refractivity contribution < 1.29 is 18.8 Å². The van der Waals surface area contributed by atoms with Crippen molar-refractivity contribution in [1.82, 2.24) is 10.5 Å². The third kappa shape index (κ3) is 5.83. The molecule has 0 radical (unpaired) electrons. The van der Waals surface area contributed by atoms with Crippen molar-refractivity contribution in [2.75, 3.05) is 18.5 Å². The Balaban J connectivity index is 1.87. The molecule has 1 unspecified atom stereocenters. The maximum atomic E-state index is 11.8. The molecule has 0 aliphatic carbocycles. The molecular weight excluding hydrogens is 324 g/mol. The van der Waals surface area contributed by atoms with Crippen molar-refractivity contribution in [3.63, 3.8) is 0 Å². The Morgan fingerprint density at radius 3 is 2.60 bits per heavy atom. The highest BCUT2D eigenvalue weighted by molar-refractivity contribution is 5.88. The number of aromatic nitrogens is 1. The molecule has 0 saturated heterocycles. The van der Waals surface area contributed by atoms with Crippen molar-refractivity contribution in [3.05, 3.63) is 41.7 Å². The molecule has 4 N–H and O–H groups in total. The maximum absolute atomic E-state index is 11.8. The van der Waals surface area contributed by atoms with Gasteiger partial charge in [-0.3, -0.25) is 10.1 Å². The van der Waals surface area contributed by atoms with Crippen molar-refractivity contribution in [3.8, 4) is 5.75 Å². The quantitative estimate of drug-likeness (QED) is 0.674. The van der Waals surface area contributed by atoms with Gasteiger partial charge in [0.2, 0.25) is 5.91 Å². The molecule has 25 heavy (non-hydrogen) atoms. The lowest BCUT2D eigenvalue weighted by Crippen LogP contribution is -2.39. The molecule has 1 aromatic carbocycles. The van der Waals surface area contributed by atoms with Gasteiger partial charge in [-0.05, 0) is 38.0 Å². The zero-order valence-corrected chi connectivity index (χ0v) is 14.2. The molecule has 8 heteroatoms. The SMILES string of the molecule is CCOc1ccc(CC(CNC(=O)Nc2cc(C)on2)C(N)=O)cc1. The van der Waals surface area contributed by atoms with E-state index >= 15 is 0 Å². The van der Waals surface area contributed by atoms with Crippen LogP contribution in [0, 0.1) is 12.8 Å². The van der Waals surface area contributed by atoms with Gasteiger partial charge in [0.15, 0.2) is 5.82 Å². The van der Waals surface area contributed by atoms with Crippen LogP contribution in [0.4, 0.5) is 10.6 Å². The number of ether oxygens (including phenoxy) is 1. The number of amides is 3. The fourth-order valence-corrected chi connectivity index (χ4v) is 2.25. The molecule has 8 nitrogen and oxygen atoms in total. The highest BCUT2D eigenvalue weighted by Gasteiger charge is 2.17. The van der Waals surface area contributed by atoms with Gasteiger partial charge in [0.05, 0.1) is 12.5 Å². The molecular formula is C17H22N4O4. The van der Waals surface area contributed by atoms with Crippen LogP contribution >= 0.6 is 0 Å². The normalized spacial score (nSPS) is 11.6. The summed E-state index contributed by atoms with van der Waals surface area (Å²) < 4.78 is 10.2. The van der Waals surface area contributed by atoms with Gasteiger partial charge in [0.25, 0.3) is 0 Å². The van der Waals surface area contributed by atoms with E-state index in [2.05, 4.69) is 15.8 Å². The Morgan fingerprint density at radius 1 is 1.32 bits per heavy atom. The Bertz CT molecular complexity index is 712. The van der Waals surface area contributed by atoms with E-state index in [-0.39, 0.29) is 6.54 Å². The van der Waals surface area contributed by atoms with Crippen LogP contribution in [0.2, 0.25) is 0 Å². The van der Waals surface area contributed by atoms with Crippen molar-refractivity contribution in [1.29, 1.82) is 0 Å². The summed E-state index contributed by atoms with van der Waals surface area (Å²) in [4.78, 5) is 23.5. The molecule has 0 aliphatic heterocycles. The molecule has 2 rings (SSSR count).